The molecule has 0 aliphatic heterocycles. The van der Waals surface area contributed by atoms with Gasteiger partial charge in [0.05, 0.1) is 5.69 Å². The topological polar surface area (TPSA) is 25.8 Å². The monoisotopic (exact) mass is 302 g/mol. The number of halogens is 4. The predicted molar refractivity (Wildman–Crippen MR) is 60.2 cm³/mol. The minimum absolute atomic E-state index is 0.250. The van der Waals surface area contributed by atoms with Crippen LogP contribution >= 0.6 is 15.9 Å². The molecule has 0 aliphatic carbocycles. The molecule has 0 saturated heterocycles. The molecule has 0 bridgehead atoms. The van der Waals surface area contributed by atoms with E-state index in [0.29, 0.717) is 5.56 Å². The lowest BCUT2D eigenvalue weighted by Gasteiger charge is -2.06. The van der Waals surface area contributed by atoms with E-state index in [-0.39, 0.29) is 5.69 Å². The first-order valence-corrected chi connectivity index (χ1v) is 5.41. The van der Waals surface area contributed by atoms with Crippen molar-refractivity contribution in [1.29, 1.82) is 0 Å². The SMILES string of the molecule is FC(F)(F)c1cc(-c2ccc(Br)cc2)ncn1. The zero-order chi connectivity index (χ0) is 12.5. The van der Waals surface area contributed by atoms with E-state index >= 15 is 0 Å². The van der Waals surface area contributed by atoms with Crippen LogP contribution < -0.4 is 0 Å². The molecule has 0 spiro atoms. The molecular weight excluding hydrogens is 297 g/mol. The van der Waals surface area contributed by atoms with Crippen molar-refractivity contribution in [3.05, 3.63) is 46.8 Å². The van der Waals surface area contributed by atoms with Crippen LogP contribution in [0.15, 0.2) is 41.1 Å². The van der Waals surface area contributed by atoms with E-state index in [1.54, 1.807) is 24.3 Å². The number of benzene rings is 1. The molecule has 1 heterocycles. The Bertz CT molecular complexity index is 523. The fourth-order valence-electron chi connectivity index (χ4n) is 1.29. The Labute approximate surface area is 104 Å². The third-order valence-corrected chi connectivity index (χ3v) is 2.63. The van der Waals surface area contributed by atoms with Crippen LogP contribution in [0.3, 0.4) is 0 Å². The maximum atomic E-state index is 12.4. The lowest BCUT2D eigenvalue weighted by molar-refractivity contribution is -0.141. The van der Waals surface area contributed by atoms with Gasteiger partial charge in [0, 0.05) is 10.0 Å². The average molecular weight is 303 g/mol. The summed E-state index contributed by atoms with van der Waals surface area (Å²) in [7, 11) is 0. The fourth-order valence-corrected chi connectivity index (χ4v) is 1.56. The minimum Gasteiger partial charge on any atom is -0.236 e. The highest BCUT2D eigenvalue weighted by Crippen LogP contribution is 2.29. The van der Waals surface area contributed by atoms with E-state index < -0.39 is 11.9 Å². The standard InChI is InChI=1S/C11H6BrF3N2/c12-8-3-1-7(2-4-8)9-5-10(11(13,14)15)17-6-16-9/h1-6H. The normalized spacial score (nSPS) is 11.5. The van der Waals surface area contributed by atoms with Gasteiger partial charge in [-0.2, -0.15) is 13.2 Å². The second kappa shape index (κ2) is 4.44. The van der Waals surface area contributed by atoms with Crippen molar-refractivity contribution in [2.75, 3.05) is 0 Å². The van der Waals surface area contributed by atoms with Gasteiger partial charge >= 0.3 is 6.18 Å². The average Bonchev–Trinajstić information content (AvgIpc) is 2.29. The molecule has 2 rings (SSSR count). The summed E-state index contributed by atoms with van der Waals surface area (Å²) >= 11 is 3.25. The van der Waals surface area contributed by atoms with Crippen LogP contribution in [0.25, 0.3) is 11.3 Å². The van der Waals surface area contributed by atoms with Crippen molar-refractivity contribution >= 4 is 15.9 Å². The van der Waals surface area contributed by atoms with Crippen molar-refractivity contribution < 1.29 is 13.2 Å². The highest BCUT2D eigenvalue weighted by Gasteiger charge is 2.32. The molecule has 1 aromatic heterocycles. The van der Waals surface area contributed by atoms with Gasteiger partial charge in [0.25, 0.3) is 0 Å². The van der Waals surface area contributed by atoms with Crippen molar-refractivity contribution in [2.45, 2.75) is 6.18 Å². The predicted octanol–water partition coefficient (Wildman–Crippen LogP) is 3.92. The summed E-state index contributed by atoms with van der Waals surface area (Å²) in [5.41, 5.74) is -0.0775. The first-order valence-electron chi connectivity index (χ1n) is 4.62. The molecule has 2 nitrogen and oxygen atoms in total. The number of nitrogens with zero attached hydrogens (tertiary/aromatic N) is 2. The highest BCUT2D eigenvalue weighted by molar-refractivity contribution is 9.10. The first kappa shape index (κ1) is 12.0. The van der Waals surface area contributed by atoms with E-state index in [1.165, 1.54) is 0 Å². The molecule has 0 saturated carbocycles. The summed E-state index contributed by atoms with van der Waals surface area (Å²) < 4.78 is 38.2. The summed E-state index contributed by atoms with van der Waals surface area (Å²) in [4.78, 5) is 7.03. The lowest BCUT2D eigenvalue weighted by atomic mass is 10.1. The Hall–Kier alpha value is -1.43. The van der Waals surface area contributed by atoms with Crippen LogP contribution in [0, 0.1) is 0 Å². The summed E-state index contributed by atoms with van der Waals surface area (Å²) in [5.74, 6) is 0. The summed E-state index contributed by atoms with van der Waals surface area (Å²) in [6.07, 6.45) is -3.53. The van der Waals surface area contributed by atoms with E-state index in [2.05, 4.69) is 25.9 Å². The fraction of sp³-hybridized carbons (Fsp3) is 0.0909. The maximum absolute atomic E-state index is 12.4. The lowest BCUT2D eigenvalue weighted by Crippen LogP contribution is -2.08. The van der Waals surface area contributed by atoms with Gasteiger partial charge in [0.15, 0.2) is 0 Å². The van der Waals surface area contributed by atoms with Gasteiger partial charge < -0.3 is 0 Å². The molecular formula is C11H6BrF3N2. The highest BCUT2D eigenvalue weighted by atomic mass is 79.9. The molecule has 6 heteroatoms. The van der Waals surface area contributed by atoms with Gasteiger partial charge in [-0.1, -0.05) is 28.1 Å². The van der Waals surface area contributed by atoms with Crippen molar-refractivity contribution in [3.8, 4) is 11.3 Å². The van der Waals surface area contributed by atoms with Gasteiger partial charge in [0.1, 0.15) is 12.0 Å². The second-order valence-corrected chi connectivity index (χ2v) is 4.21. The number of alkyl halides is 3. The van der Waals surface area contributed by atoms with Gasteiger partial charge in [-0.3, -0.25) is 0 Å². The first-order chi connectivity index (χ1) is 7.97. The molecule has 88 valence electrons. The summed E-state index contributed by atoms with van der Waals surface area (Å²) in [5, 5.41) is 0. The van der Waals surface area contributed by atoms with Crippen molar-refractivity contribution in [2.24, 2.45) is 0 Å². The molecule has 0 amide bonds. The van der Waals surface area contributed by atoms with Crippen LogP contribution in [-0.2, 0) is 6.18 Å². The Morgan fingerprint density at radius 2 is 1.65 bits per heavy atom. The van der Waals surface area contributed by atoms with Gasteiger partial charge in [-0.15, -0.1) is 0 Å². The van der Waals surface area contributed by atoms with Crippen molar-refractivity contribution in [3.63, 3.8) is 0 Å². The number of hydrogen-bond donors (Lipinski definition) is 0. The Morgan fingerprint density at radius 1 is 1.00 bits per heavy atom. The van der Waals surface area contributed by atoms with Gasteiger partial charge in [-0.25, -0.2) is 9.97 Å². The largest absolute Gasteiger partial charge is 0.433 e. The van der Waals surface area contributed by atoms with Crippen LogP contribution in [-0.4, -0.2) is 9.97 Å². The minimum atomic E-state index is -4.45. The Morgan fingerprint density at radius 3 is 2.24 bits per heavy atom. The Kier molecular flexibility index (Phi) is 3.15. The van der Waals surface area contributed by atoms with Crippen LogP contribution in [0.4, 0.5) is 13.2 Å². The second-order valence-electron chi connectivity index (χ2n) is 3.29. The Balaban J connectivity index is 2.43. The number of rotatable bonds is 1. The smallest absolute Gasteiger partial charge is 0.236 e. The molecule has 0 unspecified atom stereocenters. The summed E-state index contributed by atoms with van der Waals surface area (Å²) in [6.45, 7) is 0. The summed E-state index contributed by atoms with van der Waals surface area (Å²) in [6, 6.07) is 7.79. The number of hydrogen-bond acceptors (Lipinski definition) is 2. The molecule has 0 fully saturated rings. The van der Waals surface area contributed by atoms with E-state index in [1.807, 2.05) is 0 Å². The van der Waals surface area contributed by atoms with E-state index in [4.69, 9.17) is 0 Å². The molecule has 0 atom stereocenters. The van der Waals surface area contributed by atoms with E-state index in [9.17, 15) is 13.2 Å². The zero-order valence-corrected chi connectivity index (χ0v) is 9.96. The quantitative estimate of drug-likeness (QED) is 0.798. The maximum Gasteiger partial charge on any atom is 0.433 e. The molecule has 0 N–H and O–H groups in total. The third kappa shape index (κ3) is 2.82. The van der Waals surface area contributed by atoms with Gasteiger partial charge in [0.2, 0.25) is 0 Å². The molecule has 1 aromatic carbocycles. The van der Waals surface area contributed by atoms with Crippen LogP contribution in [0.1, 0.15) is 5.69 Å². The van der Waals surface area contributed by atoms with Crippen molar-refractivity contribution in [1.82, 2.24) is 9.97 Å². The number of aromatic nitrogens is 2. The molecule has 0 radical (unpaired) electrons. The molecule has 2 aromatic rings. The van der Waals surface area contributed by atoms with E-state index in [0.717, 1.165) is 16.9 Å². The zero-order valence-electron chi connectivity index (χ0n) is 8.37. The van der Waals surface area contributed by atoms with Crippen LogP contribution in [0.5, 0.6) is 0 Å². The third-order valence-electron chi connectivity index (χ3n) is 2.10. The van der Waals surface area contributed by atoms with Gasteiger partial charge in [-0.05, 0) is 18.2 Å². The molecule has 0 aliphatic rings. The molecule has 17 heavy (non-hydrogen) atoms. The van der Waals surface area contributed by atoms with Crippen LogP contribution in [0.2, 0.25) is 0 Å².